The molecular weight excluding hydrogens is 274 g/mol. The predicted molar refractivity (Wildman–Crippen MR) is 76.0 cm³/mol. The second-order valence-electron chi connectivity index (χ2n) is 4.08. The number of esters is 1. The molecule has 102 valence electrons. The van der Waals surface area contributed by atoms with Crippen LogP contribution in [0.1, 0.15) is 17.5 Å². The third-order valence-corrected chi connectivity index (χ3v) is 3.45. The first-order valence-electron chi connectivity index (χ1n) is 6.03. The van der Waals surface area contributed by atoms with Gasteiger partial charge >= 0.3 is 5.97 Å². The zero-order chi connectivity index (χ0) is 14.4. The maximum atomic E-state index is 11.8. The van der Waals surface area contributed by atoms with E-state index in [0.717, 1.165) is 5.56 Å². The number of thiophene rings is 1. The highest BCUT2D eigenvalue weighted by Crippen LogP contribution is 2.28. The summed E-state index contributed by atoms with van der Waals surface area (Å²) in [5, 5.41) is 12.8. The summed E-state index contributed by atoms with van der Waals surface area (Å²) in [6.45, 7) is 0. The van der Waals surface area contributed by atoms with Crippen molar-refractivity contribution in [2.24, 2.45) is 0 Å². The molecule has 1 aromatic heterocycles. The Hall–Kier alpha value is -2.32. The van der Waals surface area contributed by atoms with E-state index in [1.165, 1.54) is 7.11 Å². The number of hydrogen-bond acceptors (Lipinski definition) is 5. The quantitative estimate of drug-likeness (QED) is 0.626. The van der Waals surface area contributed by atoms with Gasteiger partial charge in [0.2, 0.25) is 0 Å². The number of ether oxygens (including phenoxy) is 2. The van der Waals surface area contributed by atoms with Gasteiger partial charge in [0.1, 0.15) is 0 Å². The Labute approximate surface area is 121 Å². The fraction of sp³-hybridized carbons (Fsp3) is 0.200. The molecule has 4 nitrogen and oxygen atoms in total. The van der Waals surface area contributed by atoms with Crippen LogP contribution in [0, 0.1) is 11.3 Å². The van der Waals surface area contributed by atoms with Crippen LogP contribution in [0.15, 0.2) is 35.0 Å². The highest BCUT2D eigenvalue weighted by Gasteiger charge is 2.11. The maximum absolute atomic E-state index is 11.8. The van der Waals surface area contributed by atoms with Crippen LogP contribution in [0.2, 0.25) is 0 Å². The number of benzene rings is 1. The average Bonchev–Trinajstić information content (AvgIpc) is 2.99. The van der Waals surface area contributed by atoms with Gasteiger partial charge in [0.25, 0.3) is 0 Å². The number of rotatable bonds is 5. The van der Waals surface area contributed by atoms with Crippen molar-refractivity contribution in [2.75, 3.05) is 7.11 Å². The molecule has 0 spiro atoms. The van der Waals surface area contributed by atoms with Crippen LogP contribution >= 0.6 is 11.3 Å². The lowest BCUT2D eigenvalue weighted by molar-refractivity contribution is -0.134. The number of nitriles is 1. The van der Waals surface area contributed by atoms with Gasteiger partial charge in [-0.1, -0.05) is 0 Å². The SMILES string of the molecule is COc1cc(C#N)ccc1OC(=O)CCc1ccsc1. The number of aryl methyl sites for hydroxylation is 1. The van der Waals surface area contributed by atoms with Crippen LogP contribution in [0.4, 0.5) is 0 Å². The van der Waals surface area contributed by atoms with Crippen molar-refractivity contribution in [1.29, 1.82) is 5.26 Å². The Morgan fingerprint density at radius 3 is 2.85 bits per heavy atom. The maximum Gasteiger partial charge on any atom is 0.311 e. The van der Waals surface area contributed by atoms with E-state index >= 15 is 0 Å². The molecule has 0 aliphatic heterocycles. The summed E-state index contributed by atoms with van der Waals surface area (Å²) >= 11 is 1.60. The van der Waals surface area contributed by atoms with E-state index in [9.17, 15) is 4.79 Å². The number of hydrogen-bond donors (Lipinski definition) is 0. The van der Waals surface area contributed by atoms with Gasteiger partial charge in [0, 0.05) is 6.07 Å². The van der Waals surface area contributed by atoms with E-state index in [0.29, 0.717) is 29.9 Å². The lowest BCUT2D eigenvalue weighted by atomic mass is 10.2. The normalized spacial score (nSPS) is 9.80. The molecule has 0 fully saturated rings. The van der Waals surface area contributed by atoms with E-state index in [1.807, 2.05) is 22.9 Å². The van der Waals surface area contributed by atoms with Gasteiger partial charge in [0.15, 0.2) is 11.5 Å². The van der Waals surface area contributed by atoms with Crippen molar-refractivity contribution in [1.82, 2.24) is 0 Å². The van der Waals surface area contributed by atoms with Gasteiger partial charge < -0.3 is 9.47 Å². The molecule has 0 unspecified atom stereocenters. The number of nitrogens with zero attached hydrogens (tertiary/aromatic N) is 1. The largest absolute Gasteiger partial charge is 0.493 e. The Balaban J connectivity index is 1.98. The molecule has 20 heavy (non-hydrogen) atoms. The third kappa shape index (κ3) is 3.59. The first-order valence-corrected chi connectivity index (χ1v) is 6.97. The van der Waals surface area contributed by atoms with Gasteiger partial charge in [-0.25, -0.2) is 0 Å². The van der Waals surface area contributed by atoms with E-state index < -0.39 is 0 Å². The summed E-state index contributed by atoms with van der Waals surface area (Å²) in [5.74, 6) is 0.397. The van der Waals surface area contributed by atoms with Crippen molar-refractivity contribution >= 4 is 17.3 Å². The molecule has 0 aliphatic carbocycles. The molecule has 0 aliphatic rings. The fourth-order valence-corrected chi connectivity index (χ4v) is 2.38. The topological polar surface area (TPSA) is 59.3 Å². The Morgan fingerprint density at radius 1 is 1.35 bits per heavy atom. The first kappa shape index (κ1) is 14.1. The molecule has 0 saturated carbocycles. The Bertz CT molecular complexity index is 629. The number of carbonyl (C=O) groups is 1. The molecule has 0 atom stereocenters. The molecule has 0 bridgehead atoms. The monoisotopic (exact) mass is 287 g/mol. The zero-order valence-electron chi connectivity index (χ0n) is 11.0. The fourth-order valence-electron chi connectivity index (χ4n) is 1.68. The van der Waals surface area contributed by atoms with E-state index in [-0.39, 0.29) is 5.97 Å². The van der Waals surface area contributed by atoms with Crippen LogP contribution in [-0.2, 0) is 11.2 Å². The van der Waals surface area contributed by atoms with Crippen LogP contribution in [0.5, 0.6) is 11.5 Å². The highest BCUT2D eigenvalue weighted by molar-refractivity contribution is 7.07. The number of methoxy groups -OCH3 is 1. The Kier molecular flexibility index (Phi) is 4.75. The lowest BCUT2D eigenvalue weighted by Gasteiger charge is -2.09. The van der Waals surface area contributed by atoms with Gasteiger partial charge in [-0.15, -0.1) is 0 Å². The van der Waals surface area contributed by atoms with E-state index in [2.05, 4.69) is 0 Å². The predicted octanol–water partition coefficient (Wildman–Crippen LogP) is 3.17. The second-order valence-corrected chi connectivity index (χ2v) is 4.86. The van der Waals surface area contributed by atoms with Crippen LogP contribution in [0.25, 0.3) is 0 Å². The molecule has 1 heterocycles. The molecule has 0 amide bonds. The van der Waals surface area contributed by atoms with Crippen LogP contribution in [-0.4, -0.2) is 13.1 Å². The highest BCUT2D eigenvalue weighted by atomic mass is 32.1. The van der Waals surface area contributed by atoms with Crippen molar-refractivity contribution in [3.05, 3.63) is 46.2 Å². The second kappa shape index (κ2) is 6.73. The van der Waals surface area contributed by atoms with Gasteiger partial charge in [0.05, 0.1) is 25.2 Å². The standard InChI is InChI=1S/C15H13NO3S/c1-18-14-8-12(9-16)2-4-13(14)19-15(17)5-3-11-6-7-20-10-11/h2,4,6-8,10H,3,5H2,1H3. The summed E-state index contributed by atoms with van der Waals surface area (Å²) in [5.41, 5.74) is 1.58. The lowest BCUT2D eigenvalue weighted by Crippen LogP contribution is -2.09. The summed E-state index contributed by atoms with van der Waals surface area (Å²) in [4.78, 5) is 11.8. The zero-order valence-corrected chi connectivity index (χ0v) is 11.8. The van der Waals surface area contributed by atoms with E-state index in [4.69, 9.17) is 14.7 Å². The smallest absolute Gasteiger partial charge is 0.311 e. The van der Waals surface area contributed by atoms with Crippen molar-refractivity contribution in [3.8, 4) is 17.6 Å². The Morgan fingerprint density at radius 2 is 2.20 bits per heavy atom. The summed E-state index contributed by atoms with van der Waals surface area (Å²) < 4.78 is 10.4. The third-order valence-electron chi connectivity index (χ3n) is 2.71. The molecule has 1 aromatic carbocycles. The first-order chi connectivity index (χ1) is 9.72. The van der Waals surface area contributed by atoms with Gasteiger partial charge in [-0.3, -0.25) is 4.79 Å². The molecule has 2 rings (SSSR count). The average molecular weight is 287 g/mol. The van der Waals surface area contributed by atoms with Gasteiger partial charge in [-0.2, -0.15) is 16.6 Å². The summed E-state index contributed by atoms with van der Waals surface area (Å²) in [6.07, 6.45) is 0.959. The summed E-state index contributed by atoms with van der Waals surface area (Å²) in [6, 6.07) is 8.69. The minimum atomic E-state index is -0.320. The van der Waals surface area contributed by atoms with Crippen LogP contribution < -0.4 is 9.47 Å². The molecule has 2 aromatic rings. The summed E-state index contributed by atoms with van der Waals surface area (Å²) in [7, 11) is 1.47. The molecule has 5 heteroatoms. The number of carbonyl (C=O) groups excluding carboxylic acids is 1. The van der Waals surface area contributed by atoms with Crippen molar-refractivity contribution < 1.29 is 14.3 Å². The minimum Gasteiger partial charge on any atom is -0.493 e. The van der Waals surface area contributed by atoms with Crippen molar-refractivity contribution in [3.63, 3.8) is 0 Å². The van der Waals surface area contributed by atoms with E-state index in [1.54, 1.807) is 29.5 Å². The van der Waals surface area contributed by atoms with Gasteiger partial charge in [-0.05, 0) is 40.9 Å². The molecule has 0 saturated heterocycles. The molecular formula is C15H13NO3S. The minimum absolute atomic E-state index is 0.305. The molecule has 0 N–H and O–H groups in total. The molecule has 0 radical (unpaired) electrons. The van der Waals surface area contributed by atoms with Crippen molar-refractivity contribution in [2.45, 2.75) is 12.8 Å². The van der Waals surface area contributed by atoms with Crippen LogP contribution in [0.3, 0.4) is 0 Å².